The second-order valence-corrected chi connectivity index (χ2v) is 15.1. The molecule has 0 spiro atoms. The lowest BCUT2D eigenvalue weighted by Crippen LogP contribution is -2.35. The van der Waals surface area contributed by atoms with Gasteiger partial charge in [-0.1, -0.05) is 103 Å². The van der Waals surface area contributed by atoms with Gasteiger partial charge in [-0.25, -0.2) is 4.79 Å². The fourth-order valence-corrected chi connectivity index (χ4v) is 6.55. The van der Waals surface area contributed by atoms with E-state index in [1.54, 1.807) is 0 Å². The van der Waals surface area contributed by atoms with Crippen LogP contribution in [-0.4, -0.2) is 30.7 Å². The van der Waals surface area contributed by atoms with Gasteiger partial charge in [-0.2, -0.15) is 0 Å². The van der Waals surface area contributed by atoms with E-state index in [0.29, 0.717) is 24.4 Å². The van der Waals surface area contributed by atoms with Gasteiger partial charge in [0, 0.05) is 26.2 Å². The maximum atomic E-state index is 12.2. The summed E-state index contributed by atoms with van der Waals surface area (Å²) < 4.78 is 5.50. The summed E-state index contributed by atoms with van der Waals surface area (Å²) >= 11 is 0. The van der Waals surface area contributed by atoms with E-state index in [1.165, 1.54) is 73.6 Å². The van der Waals surface area contributed by atoms with Gasteiger partial charge in [0.05, 0.1) is 6.61 Å². The zero-order valence-electron chi connectivity index (χ0n) is 26.8. The first-order valence-electron chi connectivity index (χ1n) is 16.3. The molecule has 0 bridgehead atoms. The first kappa shape index (κ1) is 31.6. The first-order chi connectivity index (χ1) is 19.5. The van der Waals surface area contributed by atoms with Crippen LogP contribution in [0.15, 0.2) is 48.5 Å². The van der Waals surface area contributed by atoms with Crippen molar-refractivity contribution in [3.05, 3.63) is 70.8 Å². The topological polar surface area (TPSA) is 41.6 Å². The van der Waals surface area contributed by atoms with Crippen molar-refractivity contribution in [1.29, 1.82) is 0 Å². The summed E-state index contributed by atoms with van der Waals surface area (Å²) in [5.74, 6) is 1.84. The van der Waals surface area contributed by atoms with E-state index in [2.05, 4.69) is 100 Å². The number of nitrogens with one attached hydrogen (secondary N) is 1. The van der Waals surface area contributed by atoms with Crippen molar-refractivity contribution in [1.82, 2.24) is 10.2 Å². The number of benzene rings is 2. The van der Waals surface area contributed by atoms with Crippen LogP contribution in [0.25, 0.3) is 0 Å². The number of alkyl carbamates (subject to hydrolysis) is 1. The van der Waals surface area contributed by atoms with E-state index < -0.39 is 0 Å². The molecule has 1 N–H and O–H groups in total. The number of amides is 1. The van der Waals surface area contributed by atoms with Crippen LogP contribution < -0.4 is 5.32 Å². The lowest BCUT2D eigenvalue weighted by Gasteiger charge is -2.33. The maximum absolute atomic E-state index is 12.2. The summed E-state index contributed by atoms with van der Waals surface area (Å²) in [6.07, 6.45) is 9.58. The zero-order chi connectivity index (χ0) is 29.5. The van der Waals surface area contributed by atoms with E-state index in [9.17, 15) is 4.79 Å². The third-order valence-electron chi connectivity index (χ3n) is 9.39. The van der Waals surface area contributed by atoms with Crippen LogP contribution in [0.3, 0.4) is 0 Å². The number of ether oxygens (including phenoxy) is 1. The molecule has 226 valence electrons. The standard InChI is InChI=1S/C37H56N2O2/c1-36(2,3)33-19-15-30(16-20-33)25-39(26-31-17-21-34(22-18-31)37(4,5)6)24-29-13-11-28(12-14-29)23-38-35(40)41-27-32-9-7-8-10-32/h15-22,28-29,32H,7-14,23-27H2,1-6H3,(H,38,40). The summed E-state index contributed by atoms with van der Waals surface area (Å²) in [5, 5.41) is 3.06. The van der Waals surface area contributed by atoms with Crippen molar-refractivity contribution in [2.45, 2.75) is 117 Å². The molecule has 2 fully saturated rings. The second kappa shape index (κ2) is 14.2. The number of hydrogen-bond acceptors (Lipinski definition) is 3. The molecule has 4 heteroatoms. The van der Waals surface area contributed by atoms with E-state index in [-0.39, 0.29) is 16.9 Å². The van der Waals surface area contributed by atoms with Crippen LogP contribution in [0.1, 0.15) is 115 Å². The quantitative estimate of drug-likeness (QED) is 0.315. The molecule has 0 atom stereocenters. The fraction of sp³-hybridized carbons (Fsp3) is 0.649. The molecular formula is C37H56N2O2. The lowest BCUT2D eigenvalue weighted by atomic mass is 9.81. The molecule has 0 radical (unpaired) electrons. The Balaban J connectivity index is 1.30. The van der Waals surface area contributed by atoms with Crippen LogP contribution in [0.4, 0.5) is 4.79 Å². The maximum Gasteiger partial charge on any atom is 0.407 e. The smallest absolute Gasteiger partial charge is 0.407 e. The number of rotatable bonds is 10. The number of hydrogen-bond donors (Lipinski definition) is 1. The summed E-state index contributed by atoms with van der Waals surface area (Å²) in [4.78, 5) is 14.9. The lowest BCUT2D eigenvalue weighted by molar-refractivity contribution is 0.123. The minimum Gasteiger partial charge on any atom is -0.449 e. The molecule has 1 amide bonds. The van der Waals surface area contributed by atoms with Crippen LogP contribution in [0.5, 0.6) is 0 Å². The van der Waals surface area contributed by atoms with Crippen molar-refractivity contribution in [3.63, 3.8) is 0 Å². The SMILES string of the molecule is CC(C)(C)c1ccc(CN(Cc2ccc(C(C)(C)C)cc2)CC2CCC(CNC(=O)OCC3CCCC3)CC2)cc1. The Bertz CT molecular complexity index is 1000. The Kier molecular flexibility index (Phi) is 11.0. The molecule has 0 aromatic heterocycles. The normalized spacial score (nSPS) is 20.4. The third kappa shape index (κ3) is 10.2. The minimum atomic E-state index is -0.222. The van der Waals surface area contributed by atoms with Gasteiger partial charge in [0.1, 0.15) is 0 Å². The van der Waals surface area contributed by atoms with E-state index >= 15 is 0 Å². The Hall–Kier alpha value is -2.33. The molecular weight excluding hydrogens is 504 g/mol. The van der Waals surface area contributed by atoms with Crippen molar-refractivity contribution in [2.24, 2.45) is 17.8 Å². The van der Waals surface area contributed by atoms with Crippen molar-refractivity contribution >= 4 is 6.09 Å². The van der Waals surface area contributed by atoms with Crippen LogP contribution in [-0.2, 0) is 28.7 Å². The molecule has 0 saturated heterocycles. The summed E-state index contributed by atoms with van der Waals surface area (Å²) in [6.45, 7) is 18.1. The number of carbonyl (C=O) groups excluding carboxylic acids is 1. The second-order valence-electron chi connectivity index (χ2n) is 15.1. The molecule has 4 rings (SSSR count). The molecule has 2 aromatic rings. The summed E-state index contributed by atoms with van der Waals surface area (Å²) in [6, 6.07) is 18.5. The van der Waals surface area contributed by atoms with Crippen molar-refractivity contribution in [3.8, 4) is 0 Å². The molecule has 0 heterocycles. The van der Waals surface area contributed by atoms with Gasteiger partial charge in [-0.3, -0.25) is 4.90 Å². The zero-order valence-corrected chi connectivity index (χ0v) is 26.8. The molecule has 2 aliphatic carbocycles. The number of nitrogens with zero attached hydrogens (tertiary/aromatic N) is 1. The molecule has 0 aliphatic heterocycles. The monoisotopic (exact) mass is 560 g/mol. The average molecular weight is 561 g/mol. The van der Waals surface area contributed by atoms with Crippen molar-refractivity contribution in [2.75, 3.05) is 19.7 Å². The van der Waals surface area contributed by atoms with Gasteiger partial charge < -0.3 is 10.1 Å². The van der Waals surface area contributed by atoms with Gasteiger partial charge in [0.2, 0.25) is 0 Å². The average Bonchev–Trinajstić information content (AvgIpc) is 3.45. The van der Waals surface area contributed by atoms with E-state index in [1.807, 2.05) is 0 Å². The van der Waals surface area contributed by atoms with Gasteiger partial charge in [-0.15, -0.1) is 0 Å². The highest BCUT2D eigenvalue weighted by atomic mass is 16.5. The van der Waals surface area contributed by atoms with Crippen LogP contribution >= 0.6 is 0 Å². The third-order valence-corrected chi connectivity index (χ3v) is 9.39. The largest absolute Gasteiger partial charge is 0.449 e. The highest BCUT2D eigenvalue weighted by molar-refractivity contribution is 5.67. The van der Waals surface area contributed by atoms with Gasteiger partial charge in [-0.05, 0) is 89.4 Å². The summed E-state index contributed by atoms with van der Waals surface area (Å²) in [7, 11) is 0. The highest BCUT2D eigenvalue weighted by Crippen LogP contribution is 2.31. The predicted octanol–water partition coefficient (Wildman–Crippen LogP) is 9.01. The first-order valence-corrected chi connectivity index (χ1v) is 16.3. The van der Waals surface area contributed by atoms with E-state index in [0.717, 1.165) is 26.2 Å². The van der Waals surface area contributed by atoms with E-state index in [4.69, 9.17) is 4.74 Å². The van der Waals surface area contributed by atoms with Crippen LogP contribution in [0.2, 0.25) is 0 Å². The van der Waals surface area contributed by atoms with Crippen LogP contribution in [0, 0.1) is 17.8 Å². The molecule has 2 aromatic carbocycles. The Morgan fingerprint density at radius 3 is 1.63 bits per heavy atom. The predicted molar refractivity (Wildman–Crippen MR) is 171 cm³/mol. The molecule has 0 unspecified atom stereocenters. The molecule has 2 saturated carbocycles. The van der Waals surface area contributed by atoms with Gasteiger partial charge >= 0.3 is 6.09 Å². The molecule has 2 aliphatic rings. The van der Waals surface area contributed by atoms with Gasteiger partial charge in [0.15, 0.2) is 0 Å². The highest BCUT2D eigenvalue weighted by Gasteiger charge is 2.25. The van der Waals surface area contributed by atoms with Gasteiger partial charge in [0.25, 0.3) is 0 Å². The molecule has 4 nitrogen and oxygen atoms in total. The van der Waals surface area contributed by atoms with Crippen molar-refractivity contribution < 1.29 is 9.53 Å². The number of carbonyl (C=O) groups is 1. The Labute approximate surface area is 250 Å². The minimum absolute atomic E-state index is 0.174. The Morgan fingerprint density at radius 2 is 1.17 bits per heavy atom. The Morgan fingerprint density at radius 1 is 0.707 bits per heavy atom. The fourth-order valence-electron chi connectivity index (χ4n) is 6.55. The molecule has 41 heavy (non-hydrogen) atoms. The summed E-state index contributed by atoms with van der Waals surface area (Å²) in [5.41, 5.74) is 5.90.